The van der Waals surface area contributed by atoms with E-state index in [-0.39, 0.29) is 12.6 Å². The molecule has 5 aromatic rings. The zero-order chi connectivity index (χ0) is 20.5. The molecule has 6 heteroatoms. The van der Waals surface area contributed by atoms with Crippen molar-refractivity contribution in [1.29, 1.82) is 0 Å². The van der Waals surface area contributed by atoms with E-state index in [9.17, 15) is 4.79 Å². The Morgan fingerprint density at radius 2 is 1.40 bits per heavy atom. The van der Waals surface area contributed by atoms with Gasteiger partial charge in [0.15, 0.2) is 0 Å². The van der Waals surface area contributed by atoms with Crippen molar-refractivity contribution in [1.82, 2.24) is 15.3 Å². The maximum atomic E-state index is 12.0. The summed E-state index contributed by atoms with van der Waals surface area (Å²) in [6, 6.07) is 21.7. The summed E-state index contributed by atoms with van der Waals surface area (Å²) in [5, 5.41) is 18.8. The highest BCUT2D eigenvalue weighted by Gasteiger charge is 2.12. The maximum Gasteiger partial charge on any atom is 0.319 e. The van der Waals surface area contributed by atoms with Crippen LogP contribution in [0.3, 0.4) is 0 Å². The van der Waals surface area contributed by atoms with Gasteiger partial charge in [0.05, 0.1) is 22.1 Å². The van der Waals surface area contributed by atoms with Crippen molar-refractivity contribution in [2.24, 2.45) is 0 Å². The molecule has 1 aromatic heterocycles. The van der Waals surface area contributed by atoms with Gasteiger partial charge in [0.1, 0.15) is 0 Å². The number of amides is 2. The summed E-state index contributed by atoms with van der Waals surface area (Å²) < 4.78 is 0. The number of rotatable bonds is 4. The normalized spacial score (nSPS) is 11.4. The van der Waals surface area contributed by atoms with Crippen LogP contribution in [0.5, 0.6) is 0 Å². The Balaban J connectivity index is 1.65. The summed E-state index contributed by atoms with van der Waals surface area (Å²) in [5.74, 6) is 0. The molecule has 0 bridgehead atoms. The van der Waals surface area contributed by atoms with Crippen molar-refractivity contribution in [2.75, 3.05) is 18.5 Å². The largest absolute Gasteiger partial charge is 0.396 e. The molecule has 0 aliphatic rings. The van der Waals surface area contributed by atoms with Gasteiger partial charge < -0.3 is 15.7 Å². The zero-order valence-corrected chi connectivity index (χ0v) is 16.2. The van der Waals surface area contributed by atoms with Crippen LogP contribution in [-0.2, 0) is 0 Å². The number of aliphatic hydroxyl groups excluding tert-OH is 1. The molecule has 0 saturated carbocycles. The number of nitrogens with zero attached hydrogens (tertiary/aromatic N) is 2. The molecule has 30 heavy (non-hydrogen) atoms. The number of carbonyl (C=O) groups is 1. The fourth-order valence-corrected chi connectivity index (χ4v) is 3.81. The molecule has 0 saturated heterocycles. The molecule has 1 heterocycles. The van der Waals surface area contributed by atoms with Gasteiger partial charge in [-0.05, 0) is 35.4 Å². The van der Waals surface area contributed by atoms with E-state index in [0.717, 1.165) is 43.6 Å². The van der Waals surface area contributed by atoms with Crippen LogP contribution in [0.4, 0.5) is 10.5 Å². The Kier molecular flexibility index (Phi) is 4.61. The first-order chi connectivity index (χ1) is 14.7. The van der Waals surface area contributed by atoms with E-state index in [0.29, 0.717) is 18.7 Å². The monoisotopic (exact) mass is 396 g/mol. The molecular weight excluding hydrogens is 376 g/mol. The van der Waals surface area contributed by atoms with Gasteiger partial charge in [0.25, 0.3) is 0 Å². The fraction of sp³-hybridized carbons (Fsp3) is 0.125. The molecule has 0 spiro atoms. The molecule has 0 radical (unpaired) electrons. The quantitative estimate of drug-likeness (QED) is 0.235. The van der Waals surface area contributed by atoms with Crippen LogP contribution in [0.25, 0.3) is 43.6 Å². The number of fused-ring (bicyclic) bond motifs is 7. The molecule has 5 rings (SSSR count). The summed E-state index contributed by atoms with van der Waals surface area (Å²) in [5.41, 5.74) is 3.86. The SMILES string of the molecule is O=C(NCCCO)Nc1ccc2nc3c4ccccc4c4ccccc4c3nc2c1. The van der Waals surface area contributed by atoms with Gasteiger partial charge in [-0.25, -0.2) is 14.8 Å². The number of benzene rings is 4. The Bertz CT molecular complexity index is 1410. The number of aromatic nitrogens is 2. The topological polar surface area (TPSA) is 87.1 Å². The lowest BCUT2D eigenvalue weighted by molar-refractivity contribution is 0.249. The summed E-state index contributed by atoms with van der Waals surface area (Å²) >= 11 is 0. The van der Waals surface area contributed by atoms with Gasteiger partial charge in [-0.3, -0.25) is 0 Å². The lowest BCUT2D eigenvalue weighted by Crippen LogP contribution is -2.29. The number of urea groups is 1. The minimum absolute atomic E-state index is 0.0432. The number of hydrogen-bond donors (Lipinski definition) is 3. The van der Waals surface area contributed by atoms with E-state index in [1.165, 1.54) is 0 Å². The van der Waals surface area contributed by atoms with Crippen LogP contribution in [-0.4, -0.2) is 34.3 Å². The van der Waals surface area contributed by atoms with E-state index in [4.69, 9.17) is 15.1 Å². The van der Waals surface area contributed by atoms with Gasteiger partial charge in [-0.2, -0.15) is 0 Å². The Morgan fingerprint density at radius 1 is 0.800 bits per heavy atom. The highest BCUT2D eigenvalue weighted by atomic mass is 16.3. The molecule has 6 nitrogen and oxygen atoms in total. The van der Waals surface area contributed by atoms with E-state index in [2.05, 4.69) is 34.9 Å². The van der Waals surface area contributed by atoms with Crippen LogP contribution in [0.15, 0.2) is 66.7 Å². The molecule has 0 unspecified atom stereocenters. The zero-order valence-electron chi connectivity index (χ0n) is 16.2. The first-order valence-corrected chi connectivity index (χ1v) is 9.91. The molecule has 0 aliphatic heterocycles. The first-order valence-electron chi connectivity index (χ1n) is 9.91. The van der Waals surface area contributed by atoms with Crippen LogP contribution in [0.1, 0.15) is 6.42 Å². The second-order valence-corrected chi connectivity index (χ2v) is 7.17. The van der Waals surface area contributed by atoms with Gasteiger partial charge >= 0.3 is 6.03 Å². The number of hydrogen-bond acceptors (Lipinski definition) is 4. The van der Waals surface area contributed by atoms with E-state index in [1.54, 1.807) is 0 Å². The summed E-state index contributed by atoms with van der Waals surface area (Å²) in [4.78, 5) is 21.9. The minimum Gasteiger partial charge on any atom is -0.396 e. The average molecular weight is 396 g/mol. The van der Waals surface area contributed by atoms with Crippen LogP contribution >= 0.6 is 0 Å². The number of aliphatic hydroxyl groups is 1. The molecule has 4 aromatic carbocycles. The Morgan fingerprint density at radius 3 is 2.03 bits per heavy atom. The second-order valence-electron chi connectivity index (χ2n) is 7.17. The van der Waals surface area contributed by atoms with Crippen LogP contribution in [0.2, 0.25) is 0 Å². The smallest absolute Gasteiger partial charge is 0.319 e. The fourth-order valence-electron chi connectivity index (χ4n) is 3.81. The number of carbonyl (C=O) groups excluding carboxylic acids is 1. The lowest BCUT2D eigenvalue weighted by atomic mass is 9.99. The van der Waals surface area contributed by atoms with Gasteiger partial charge in [0, 0.05) is 29.6 Å². The maximum absolute atomic E-state index is 12.0. The number of anilines is 1. The highest BCUT2D eigenvalue weighted by Crippen LogP contribution is 2.34. The third-order valence-electron chi connectivity index (χ3n) is 5.20. The van der Waals surface area contributed by atoms with Gasteiger partial charge in [0.2, 0.25) is 0 Å². The van der Waals surface area contributed by atoms with Crippen molar-refractivity contribution in [3.8, 4) is 0 Å². The molecule has 0 atom stereocenters. The summed E-state index contributed by atoms with van der Waals surface area (Å²) in [6.45, 7) is 0.459. The Labute approximate surface area is 172 Å². The standard InChI is InChI=1S/C24H20N4O2/c29-13-5-12-25-24(30)26-15-10-11-20-21(14-15)28-23-19-9-4-2-7-17(19)16-6-1-3-8-18(16)22(23)27-20/h1-4,6-11,14,29H,5,12-13H2,(H2,25,26,30). The first kappa shape index (κ1) is 18.3. The minimum atomic E-state index is -0.312. The lowest BCUT2D eigenvalue weighted by Gasteiger charge is -2.11. The van der Waals surface area contributed by atoms with Crippen LogP contribution < -0.4 is 10.6 Å². The molecule has 148 valence electrons. The molecule has 3 N–H and O–H groups in total. The Hall–Kier alpha value is -3.77. The van der Waals surface area contributed by atoms with Gasteiger partial charge in [-0.1, -0.05) is 48.5 Å². The third kappa shape index (κ3) is 3.17. The van der Waals surface area contributed by atoms with Crippen molar-refractivity contribution < 1.29 is 9.90 Å². The van der Waals surface area contributed by atoms with E-state index < -0.39 is 0 Å². The van der Waals surface area contributed by atoms with Gasteiger partial charge in [-0.15, -0.1) is 0 Å². The average Bonchev–Trinajstić information content (AvgIpc) is 2.78. The molecule has 0 aliphatic carbocycles. The highest BCUT2D eigenvalue weighted by molar-refractivity contribution is 6.23. The van der Waals surface area contributed by atoms with Crippen molar-refractivity contribution in [3.63, 3.8) is 0 Å². The predicted molar refractivity (Wildman–Crippen MR) is 121 cm³/mol. The van der Waals surface area contributed by atoms with Crippen molar-refractivity contribution in [3.05, 3.63) is 66.7 Å². The van der Waals surface area contributed by atoms with Crippen molar-refractivity contribution >= 4 is 55.3 Å². The van der Waals surface area contributed by atoms with E-state index in [1.807, 2.05) is 42.5 Å². The second kappa shape index (κ2) is 7.57. The summed E-state index contributed by atoms with van der Waals surface area (Å²) in [7, 11) is 0. The summed E-state index contributed by atoms with van der Waals surface area (Å²) in [6.07, 6.45) is 0.517. The molecular formula is C24H20N4O2. The molecule has 2 amide bonds. The van der Waals surface area contributed by atoms with Crippen molar-refractivity contribution in [2.45, 2.75) is 6.42 Å². The molecule has 0 fully saturated rings. The van der Waals surface area contributed by atoms with Crippen LogP contribution in [0, 0.1) is 0 Å². The predicted octanol–water partition coefficient (Wildman–Crippen LogP) is 4.59. The van der Waals surface area contributed by atoms with E-state index >= 15 is 0 Å². The number of nitrogens with one attached hydrogen (secondary N) is 2. The third-order valence-corrected chi connectivity index (χ3v) is 5.20.